The zero-order valence-electron chi connectivity index (χ0n) is 13.6. The predicted molar refractivity (Wildman–Crippen MR) is 99.1 cm³/mol. The Bertz CT molecular complexity index is 877. The van der Waals surface area contributed by atoms with E-state index in [1.165, 1.54) is 0 Å². The zero-order valence-corrected chi connectivity index (χ0v) is 14.4. The van der Waals surface area contributed by atoms with Gasteiger partial charge in [-0.3, -0.25) is 0 Å². The van der Waals surface area contributed by atoms with Crippen molar-refractivity contribution in [1.82, 2.24) is 9.97 Å². The number of thiazole rings is 1. The summed E-state index contributed by atoms with van der Waals surface area (Å²) >= 11 is 1.60. The van der Waals surface area contributed by atoms with Gasteiger partial charge in [0.25, 0.3) is 0 Å². The fourth-order valence-corrected chi connectivity index (χ4v) is 3.52. The van der Waals surface area contributed by atoms with Gasteiger partial charge in [0.05, 0.1) is 12.2 Å². The van der Waals surface area contributed by atoms with E-state index in [0.717, 1.165) is 45.6 Å². The summed E-state index contributed by atoms with van der Waals surface area (Å²) in [6.45, 7) is 1.55. The third kappa shape index (κ3) is 2.59. The molecule has 0 unspecified atom stereocenters. The van der Waals surface area contributed by atoms with Crippen molar-refractivity contribution in [1.29, 1.82) is 0 Å². The smallest absolute Gasteiger partial charge is 0.182 e. The van der Waals surface area contributed by atoms with Crippen LogP contribution < -0.4 is 15.0 Å². The molecule has 1 aliphatic rings. The second-order valence-corrected chi connectivity index (χ2v) is 6.51. The topological polar surface area (TPSA) is 50.3 Å². The third-order valence-electron chi connectivity index (χ3n) is 4.11. The summed E-state index contributed by atoms with van der Waals surface area (Å²) in [7, 11) is 3.92. The predicted octanol–water partition coefficient (Wildman–Crippen LogP) is 3.74. The summed E-state index contributed by atoms with van der Waals surface area (Å²) in [5, 5.41) is 6.07. The van der Waals surface area contributed by atoms with Gasteiger partial charge >= 0.3 is 0 Å². The maximum Gasteiger partial charge on any atom is 0.182 e. The number of nitrogens with one attached hydrogen (secondary N) is 1. The molecule has 0 atom stereocenters. The fourth-order valence-electron chi connectivity index (χ4n) is 2.85. The second kappa shape index (κ2) is 6.13. The van der Waals surface area contributed by atoms with Gasteiger partial charge in [0.1, 0.15) is 6.61 Å². The monoisotopic (exact) mass is 338 g/mol. The Morgan fingerprint density at radius 2 is 2.08 bits per heavy atom. The highest BCUT2D eigenvalue weighted by Gasteiger charge is 2.18. The lowest BCUT2D eigenvalue weighted by Gasteiger charge is -2.26. The molecule has 1 aliphatic heterocycles. The van der Waals surface area contributed by atoms with Gasteiger partial charge in [0.2, 0.25) is 0 Å². The number of fused-ring (bicyclic) bond motifs is 1. The van der Waals surface area contributed by atoms with Crippen LogP contribution >= 0.6 is 11.3 Å². The number of aromatic nitrogens is 2. The Morgan fingerprint density at radius 3 is 2.88 bits per heavy atom. The number of pyridine rings is 1. The van der Waals surface area contributed by atoms with Crippen LogP contribution in [-0.2, 0) is 0 Å². The molecule has 0 saturated carbocycles. The molecule has 0 saturated heterocycles. The highest BCUT2D eigenvalue weighted by atomic mass is 32.1. The molecule has 122 valence electrons. The number of ether oxygens (including phenoxy) is 1. The largest absolute Gasteiger partial charge is 0.488 e. The number of benzene rings is 1. The van der Waals surface area contributed by atoms with Gasteiger partial charge in [-0.1, -0.05) is 24.3 Å². The van der Waals surface area contributed by atoms with Crippen LogP contribution in [-0.4, -0.2) is 37.2 Å². The zero-order chi connectivity index (χ0) is 16.5. The maximum atomic E-state index is 5.80. The summed E-state index contributed by atoms with van der Waals surface area (Å²) in [6.07, 6.45) is 1.91. The summed E-state index contributed by atoms with van der Waals surface area (Å²) in [5.74, 6) is 1.74. The molecule has 3 heterocycles. The number of likely N-dealkylation sites (N-methyl/N-ethyl adjacent to an activating group) is 1. The van der Waals surface area contributed by atoms with Gasteiger partial charge in [-0.15, -0.1) is 11.3 Å². The van der Waals surface area contributed by atoms with Crippen molar-refractivity contribution >= 4 is 22.3 Å². The molecule has 6 heteroatoms. The van der Waals surface area contributed by atoms with Gasteiger partial charge in [-0.2, -0.15) is 0 Å². The van der Waals surface area contributed by atoms with Gasteiger partial charge in [0.15, 0.2) is 16.7 Å². The van der Waals surface area contributed by atoms with E-state index in [-0.39, 0.29) is 0 Å². The molecule has 0 aliphatic carbocycles. The molecular weight excluding hydrogens is 320 g/mol. The highest BCUT2D eigenvalue weighted by Crippen LogP contribution is 2.37. The van der Waals surface area contributed by atoms with E-state index in [0.29, 0.717) is 6.61 Å². The first-order valence-electron chi connectivity index (χ1n) is 7.83. The molecule has 5 nitrogen and oxygen atoms in total. The lowest BCUT2D eigenvalue weighted by molar-refractivity contribution is 0.309. The normalized spacial score (nSPS) is 13.3. The molecule has 2 aromatic heterocycles. The summed E-state index contributed by atoms with van der Waals surface area (Å²) < 4.78 is 5.80. The van der Waals surface area contributed by atoms with Crippen molar-refractivity contribution in [2.75, 3.05) is 37.5 Å². The van der Waals surface area contributed by atoms with E-state index in [1.807, 2.05) is 32.4 Å². The van der Waals surface area contributed by atoms with Crippen molar-refractivity contribution < 1.29 is 4.74 Å². The molecule has 0 spiro atoms. The molecule has 4 rings (SSSR count). The van der Waals surface area contributed by atoms with E-state index in [9.17, 15) is 0 Å². The van der Waals surface area contributed by atoms with Crippen LogP contribution in [0.2, 0.25) is 0 Å². The van der Waals surface area contributed by atoms with Gasteiger partial charge in [0, 0.05) is 36.8 Å². The van der Waals surface area contributed by atoms with Crippen molar-refractivity contribution in [2.24, 2.45) is 0 Å². The minimum absolute atomic E-state index is 0.688. The van der Waals surface area contributed by atoms with Gasteiger partial charge < -0.3 is 15.0 Å². The Labute approximate surface area is 145 Å². The van der Waals surface area contributed by atoms with Crippen molar-refractivity contribution in [3.05, 3.63) is 41.9 Å². The lowest BCUT2D eigenvalue weighted by Crippen LogP contribution is -2.29. The van der Waals surface area contributed by atoms with E-state index >= 15 is 0 Å². The van der Waals surface area contributed by atoms with E-state index in [2.05, 4.69) is 43.8 Å². The first kappa shape index (κ1) is 15.0. The molecular formula is C18H18N4OS. The molecule has 24 heavy (non-hydrogen) atoms. The van der Waals surface area contributed by atoms with Crippen LogP contribution in [0.25, 0.3) is 22.4 Å². The van der Waals surface area contributed by atoms with Crippen LogP contribution in [0.15, 0.2) is 41.9 Å². The Morgan fingerprint density at radius 1 is 1.25 bits per heavy atom. The Hall–Kier alpha value is -2.60. The number of rotatable bonds is 3. The van der Waals surface area contributed by atoms with E-state index < -0.39 is 0 Å². The molecule has 0 bridgehead atoms. The Kier molecular flexibility index (Phi) is 3.82. The summed E-state index contributed by atoms with van der Waals surface area (Å²) in [6, 6.07) is 10.3. The second-order valence-electron chi connectivity index (χ2n) is 5.65. The minimum atomic E-state index is 0.688. The molecule has 3 aromatic rings. The average molecular weight is 338 g/mol. The first-order chi connectivity index (χ1) is 11.8. The van der Waals surface area contributed by atoms with Crippen LogP contribution in [0.1, 0.15) is 0 Å². The quantitative estimate of drug-likeness (QED) is 0.788. The maximum absolute atomic E-state index is 5.80. The van der Waals surface area contributed by atoms with Gasteiger partial charge in [-0.25, -0.2) is 9.97 Å². The van der Waals surface area contributed by atoms with Crippen molar-refractivity contribution in [3.63, 3.8) is 0 Å². The average Bonchev–Trinajstić information content (AvgIpc) is 3.11. The first-order valence-corrected chi connectivity index (χ1v) is 8.71. The summed E-state index contributed by atoms with van der Waals surface area (Å²) in [5.41, 5.74) is 4.22. The molecule has 1 N–H and O–H groups in total. The lowest BCUT2D eigenvalue weighted by atomic mass is 9.99. The van der Waals surface area contributed by atoms with Gasteiger partial charge in [-0.05, 0) is 11.6 Å². The van der Waals surface area contributed by atoms with Crippen LogP contribution in [0.3, 0.4) is 0 Å². The highest BCUT2D eigenvalue weighted by molar-refractivity contribution is 7.14. The fraction of sp³-hybridized carbons (Fsp3) is 0.222. The van der Waals surface area contributed by atoms with E-state index in [1.54, 1.807) is 11.3 Å². The Balaban J connectivity index is 1.80. The van der Waals surface area contributed by atoms with Crippen LogP contribution in [0.5, 0.6) is 5.75 Å². The molecule has 0 amide bonds. The molecule has 0 radical (unpaired) electrons. The standard InChI is InChI=1S/C18H18N4OS/c1-19-18-21-15(11-24-18)14-6-4-3-5-13(14)12-9-16-17(20-10-12)22(2)7-8-23-16/h3-6,9-11H,7-8H2,1-2H3,(H,19,21). The van der Waals surface area contributed by atoms with Crippen LogP contribution in [0, 0.1) is 0 Å². The number of hydrogen-bond donors (Lipinski definition) is 1. The van der Waals surface area contributed by atoms with Crippen LogP contribution in [0.4, 0.5) is 10.9 Å². The van der Waals surface area contributed by atoms with Crippen molar-refractivity contribution in [2.45, 2.75) is 0 Å². The van der Waals surface area contributed by atoms with Crippen molar-refractivity contribution in [3.8, 4) is 28.1 Å². The molecule has 0 fully saturated rings. The number of nitrogens with zero attached hydrogens (tertiary/aromatic N) is 3. The van der Waals surface area contributed by atoms with E-state index in [4.69, 9.17) is 4.74 Å². The number of hydrogen-bond acceptors (Lipinski definition) is 6. The number of anilines is 2. The summed E-state index contributed by atoms with van der Waals surface area (Å²) in [4.78, 5) is 11.4. The third-order valence-corrected chi connectivity index (χ3v) is 4.97. The SMILES string of the molecule is CNc1nc(-c2ccccc2-c2cnc3c(c2)OCCN3C)cs1. The minimum Gasteiger partial charge on any atom is -0.488 e. The molecule has 1 aromatic carbocycles.